The van der Waals surface area contributed by atoms with Crippen LogP contribution in [0.25, 0.3) is 0 Å². The van der Waals surface area contributed by atoms with Gasteiger partial charge in [0.15, 0.2) is 0 Å². The number of carboxylic acids is 1. The van der Waals surface area contributed by atoms with Crippen LogP contribution in [0.5, 0.6) is 0 Å². The largest absolute Gasteiger partial charge is 0.481 e. The summed E-state index contributed by atoms with van der Waals surface area (Å²) in [7, 11) is 1.49. The van der Waals surface area contributed by atoms with E-state index in [4.69, 9.17) is 15.9 Å². The van der Waals surface area contributed by atoms with E-state index in [-0.39, 0.29) is 6.61 Å². The standard InChI is InChI=1S/C9H18N2O4/c1-9(2,5-12)11(3)8(15)6(10)4-7(13)14/h6,12H,4-5,10H2,1-3H3,(H,13,14). The third-order valence-corrected chi connectivity index (χ3v) is 2.34. The molecule has 4 N–H and O–H groups in total. The zero-order valence-electron chi connectivity index (χ0n) is 9.23. The number of aliphatic hydroxyl groups excluding tert-OH is 1. The van der Waals surface area contributed by atoms with E-state index < -0.39 is 29.9 Å². The van der Waals surface area contributed by atoms with E-state index in [0.29, 0.717) is 0 Å². The van der Waals surface area contributed by atoms with Gasteiger partial charge in [-0.05, 0) is 13.8 Å². The van der Waals surface area contributed by atoms with Crippen LogP contribution in [-0.4, -0.2) is 52.2 Å². The number of aliphatic hydroxyl groups is 1. The molecule has 0 saturated heterocycles. The molecule has 0 rings (SSSR count). The van der Waals surface area contributed by atoms with E-state index in [1.807, 2.05) is 0 Å². The monoisotopic (exact) mass is 218 g/mol. The molecule has 6 nitrogen and oxygen atoms in total. The van der Waals surface area contributed by atoms with Crippen LogP contribution in [0.1, 0.15) is 20.3 Å². The van der Waals surface area contributed by atoms with Crippen LogP contribution in [-0.2, 0) is 9.59 Å². The first-order chi connectivity index (χ1) is 6.72. The Balaban J connectivity index is 4.51. The number of hydrogen-bond acceptors (Lipinski definition) is 4. The first-order valence-electron chi connectivity index (χ1n) is 4.58. The third-order valence-electron chi connectivity index (χ3n) is 2.34. The average Bonchev–Trinajstić information content (AvgIpc) is 2.14. The van der Waals surface area contributed by atoms with Gasteiger partial charge in [0.05, 0.1) is 24.6 Å². The summed E-state index contributed by atoms with van der Waals surface area (Å²) in [6.07, 6.45) is -0.412. The normalized spacial score (nSPS) is 13.4. The van der Waals surface area contributed by atoms with Crippen LogP contribution in [0, 0.1) is 0 Å². The second-order valence-corrected chi connectivity index (χ2v) is 4.07. The minimum absolute atomic E-state index is 0.213. The number of carboxylic acid groups (broad SMARTS) is 1. The van der Waals surface area contributed by atoms with Crippen LogP contribution in [0.2, 0.25) is 0 Å². The number of carbonyl (C=O) groups excluding carboxylic acids is 1. The Bertz CT molecular complexity index is 252. The summed E-state index contributed by atoms with van der Waals surface area (Å²) in [4.78, 5) is 23.2. The van der Waals surface area contributed by atoms with Crippen molar-refractivity contribution in [2.75, 3.05) is 13.7 Å². The topological polar surface area (TPSA) is 104 Å². The fourth-order valence-electron chi connectivity index (χ4n) is 0.929. The van der Waals surface area contributed by atoms with Gasteiger partial charge in [-0.3, -0.25) is 9.59 Å². The number of nitrogens with two attached hydrogens (primary N) is 1. The SMILES string of the molecule is CN(C(=O)C(N)CC(=O)O)C(C)(C)CO. The van der Waals surface area contributed by atoms with E-state index in [2.05, 4.69) is 0 Å². The molecule has 0 aromatic heterocycles. The summed E-state index contributed by atoms with van der Waals surface area (Å²) in [6, 6.07) is -1.07. The number of aliphatic carboxylic acids is 1. The van der Waals surface area contributed by atoms with Crippen molar-refractivity contribution in [3.05, 3.63) is 0 Å². The second-order valence-electron chi connectivity index (χ2n) is 4.07. The highest BCUT2D eigenvalue weighted by atomic mass is 16.4. The van der Waals surface area contributed by atoms with Gasteiger partial charge in [-0.1, -0.05) is 0 Å². The van der Waals surface area contributed by atoms with Crippen molar-refractivity contribution in [2.24, 2.45) is 5.73 Å². The first kappa shape index (κ1) is 13.9. The van der Waals surface area contributed by atoms with Gasteiger partial charge in [0.1, 0.15) is 0 Å². The average molecular weight is 218 g/mol. The van der Waals surface area contributed by atoms with E-state index in [1.165, 1.54) is 11.9 Å². The van der Waals surface area contributed by atoms with Crippen molar-refractivity contribution >= 4 is 11.9 Å². The molecule has 0 aromatic rings. The van der Waals surface area contributed by atoms with E-state index in [1.54, 1.807) is 13.8 Å². The van der Waals surface area contributed by atoms with Gasteiger partial charge in [-0.25, -0.2) is 0 Å². The predicted molar refractivity (Wildman–Crippen MR) is 54.2 cm³/mol. The van der Waals surface area contributed by atoms with Crippen molar-refractivity contribution < 1.29 is 19.8 Å². The van der Waals surface area contributed by atoms with Gasteiger partial charge < -0.3 is 20.8 Å². The molecule has 0 aliphatic heterocycles. The van der Waals surface area contributed by atoms with Crippen molar-refractivity contribution in [1.82, 2.24) is 4.90 Å². The highest BCUT2D eigenvalue weighted by Gasteiger charge is 2.30. The Morgan fingerprint density at radius 2 is 1.93 bits per heavy atom. The van der Waals surface area contributed by atoms with Crippen LogP contribution in [0.15, 0.2) is 0 Å². The van der Waals surface area contributed by atoms with Gasteiger partial charge in [0, 0.05) is 7.05 Å². The highest BCUT2D eigenvalue weighted by molar-refractivity contribution is 5.86. The van der Waals surface area contributed by atoms with Crippen LogP contribution >= 0.6 is 0 Å². The molecule has 0 aliphatic carbocycles. The lowest BCUT2D eigenvalue weighted by Gasteiger charge is -2.35. The van der Waals surface area contributed by atoms with Crippen molar-refractivity contribution in [3.8, 4) is 0 Å². The van der Waals surface area contributed by atoms with Crippen LogP contribution in [0.3, 0.4) is 0 Å². The predicted octanol–water partition coefficient (Wildman–Crippen LogP) is -0.982. The maximum atomic E-state index is 11.6. The molecule has 0 fully saturated rings. The van der Waals surface area contributed by atoms with E-state index in [9.17, 15) is 9.59 Å². The minimum atomic E-state index is -1.12. The Kier molecular flexibility index (Phi) is 4.70. The fraction of sp³-hybridized carbons (Fsp3) is 0.778. The zero-order valence-corrected chi connectivity index (χ0v) is 9.23. The summed E-state index contributed by atoms with van der Waals surface area (Å²) in [5, 5.41) is 17.5. The van der Waals surface area contributed by atoms with Gasteiger partial charge in [-0.2, -0.15) is 0 Å². The fourth-order valence-corrected chi connectivity index (χ4v) is 0.929. The van der Waals surface area contributed by atoms with Gasteiger partial charge >= 0.3 is 5.97 Å². The summed E-state index contributed by atoms with van der Waals surface area (Å²) >= 11 is 0. The number of nitrogens with zero attached hydrogens (tertiary/aromatic N) is 1. The molecule has 6 heteroatoms. The lowest BCUT2D eigenvalue weighted by molar-refractivity contribution is -0.144. The van der Waals surface area contributed by atoms with Crippen LogP contribution < -0.4 is 5.73 Å². The number of likely N-dealkylation sites (N-methyl/N-ethyl adjacent to an activating group) is 1. The summed E-state index contributed by atoms with van der Waals surface area (Å²) in [5.74, 6) is -1.61. The molecule has 0 aromatic carbocycles. The Morgan fingerprint density at radius 3 is 2.27 bits per heavy atom. The van der Waals surface area contributed by atoms with Gasteiger partial charge in [0.25, 0.3) is 0 Å². The Morgan fingerprint density at radius 1 is 1.47 bits per heavy atom. The van der Waals surface area contributed by atoms with Crippen molar-refractivity contribution in [1.29, 1.82) is 0 Å². The molecule has 0 aliphatic rings. The summed E-state index contributed by atoms with van der Waals surface area (Å²) in [6.45, 7) is 3.12. The lowest BCUT2D eigenvalue weighted by atomic mass is 10.0. The quantitative estimate of drug-likeness (QED) is 0.550. The molecule has 15 heavy (non-hydrogen) atoms. The number of rotatable bonds is 5. The second kappa shape index (κ2) is 5.09. The molecule has 0 radical (unpaired) electrons. The highest BCUT2D eigenvalue weighted by Crippen LogP contribution is 2.12. The molecule has 1 atom stereocenters. The van der Waals surface area contributed by atoms with Crippen molar-refractivity contribution in [2.45, 2.75) is 31.8 Å². The van der Waals surface area contributed by atoms with E-state index >= 15 is 0 Å². The summed E-state index contributed by atoms with van der Waals surface area (Å²) < 4.78 is 0. The minimum Gasteiger partial charge on any atom is -0.481 e. The first-order valence-corrected chi connectivity index (χ1v) is 4.58. The number of hydrogen-bond donors (Lipinski definition) is 3. The molecule has 0 bridgehead atoms. The van der Waals surface area contributed by atoms with Gasteiger partial charge in [-0.15, -0.1) is 0 Å². The van der Waals surface area contributed by atoms with Crippen LogP contribution in [0.4, 0.5) is 0 Å². The van der Waals surface area contributed by atoms with Crippen molar-refractivity contribution in [3.63, 3.8) is 0 Å². The molecule has 1 amide bonds. The molecule has 1 unspecified atom stereocenters. The Labute approximate surface area is 88.7 Å². The smallest absolute Gasteiger partial charge is 0.305 e. The molecule has 0 spiro atoms. The lowest BCUT2D eigenvalue weighted by Crippen LogP contribution is -2.53. The summed E-state index contributed by atoms with van der Waals surface area (Å²) in [5.41, 5.74) is 4.67. The molecular weight excluding hydrogens is 200 g/mol. The molecule has 0 saturated carbocycles. The van der Waals surface area contributed by atoms with E-state index in [0.717, 1.165) is 0 Å². The van der Waals surface area contributed by atoms with Gasteiger partial charge in [0.2, 0.25) is 5.91 Å². The molecule has 0 heterocycles. The molecular formula is C9H18N2O4. The third kappa shape index (κ3) is 3.85. The number of carbonyl (C=O) groups is 2. The maximum absolute atomic E-state index is 11.6. The molecule has 88 valence electrons. The Hall–Kier alpha value is -1.14. The number of amides is 1. The zero-order chi connectivity index (χ0) is 12.2. The maximum Gasteiger partial charge on any atom is 0.305 e.